The quantitative estimate of drug-likeness (QED) is 0.739. The van der Waals surface area contributed by atoms with Crippen LogP contribution in [-0.2, 0) is 4.75 Å². The summed E-state index contributed by atoms with van der Waals surface area (Å²) in [4.78, 5) is 15.1. The van der Waals surface area contributed by atoms with Gasteiger partial charge >= 0.3 is 0 Å². The van der Waals surface area contributed by atoms with Gasteiger partial charge in [0, 0.05) is 11.6 Å². The molecule has 4 rings (SSSR count). The summed E-state index contributed by atoms with van der Waals surface area (Å²) in [6.07, 6.45) is 6.37. The van der Waals surface area contributed by atoms with Crippen molar-refractivity contribution in [3.8, 4) is 5.75 Å². The molecule has 1 amide bonds. The Bertz CT molecular complexity index is 911. The molecule has 1 aliphatic heterocycles. The molecule has 0 spiro atoms. The molecule has 2 N–H and O–H groups in total. The zero-order valence-corrected chi connectivity index (χ0v) is 17.7. The Morgan fingerprint density at radius 3 is 2.38 bits per heavy atom. The topological polar surface area (TPSA) is 55.6 Å². The van der Waals surface area contributed by atoms with Gasteiger partial charge in [0.15, 0.2) is 0 Å². The molecule has 2 aromatic carbocycles. The fraction of sp³-hybridized carbons (Fsp3) is 0.435. The van der Waals surface area contributed by atoms with E-state index in [1.54, 1.807) is 11.8 Å². The van der Waals surface area contributed by atoms with Crippen LogP contribution in [0.15, 0.2) is 42.5 Å². The van der Waals surface area contributed by atoms with Crippen molar-refractivity contribution in [2.24, 2.45) is 5.73 Å². The summed E-state index contributed by atoms with van der Waals surface area (Å²) >= 11 is 1.67. The van der Waals surface area contributed by atoms with Crippen molar-refractivity contribution in [1.82, 2.24) is 4.90 Å². The summed E-state index contributed by atoms with van der Waals surface area (Å²) in [6, 6.07) is 12.9. The van der Waals surface area contributed by atoms with Gasteiger partial charge in [-0.3, -0.25) is 9.69 Å². The minimum atomic E-state index is -0.627. The molecule has 6 heteroatoms. The summed E-state index contributed by atoms with van der Waals surface area (Å²) < 4.78 is 19.5. The molecule has 2 aliphatic rings. The predicted molar refractivity (Wildman–Crippen MR) is 115 cm³/mol. The molecule has 0 radical (unpaired) electrons. The molecule has 4 nitrogen and oxygen atoms in total. The van der Waals surface area contributed by atoms with E-state index in [9.17, 15) is 9.18 Å². The lowest BCUT2D eigenvalue weighted by Gasteiger charge is -2.46. The molecule has 1 aliphatic carbocycles. The van der Waals surface area contributed by atoms with Gasteiger partial charge in [0.2, 0.25) is 0 Å². The van der Waals surface area contributed by atoms with Crippen LogP contribution in [0.5, 0.6) is 5.75 Å². The zero-order chi connectivity index (χ0) is 20.6. The second kappa shape index (κ2) is 7.65. The van der Waals surface area contributed by atoms with E-state index in [1.165, 1.54) is 19.2 Å². The van der Waals surface area contributed by atoms with Gasteiger partial charge in [0.25, 0.3) is 5.91 Å². The van der Waals surface area contributed by atoms with Crippen molar-refractivity contribution in [2.45, 2.75) is 36.0 Å². The number of thioether (sulfide) groups is 1. The van der Waals surface area contributed by atoms with Gasteiger partial charge in [-0.25, -0.2) is 4.39 Å². The van der Waals surface area contributed by atoms with Crippen molar-refractivity contribution in [2.75, 3.05) is 26.5 Å². The number of nitrogens with zero attached hydrogens (tertiary/aromatic N) is 1. The molecule has 154 valence electrons. The minimum absolute atomic E-state index is 0.173. The third-order valence-electron chi connectivity index (χ3n) is 6.49. The van der Waals surface area contributed by atoms with Gasteiger partial charge in [0.1, 0.15) is 11.6 Å². The molecule has 1 saturated carbocycles. The Hall–Kier alpha value is -2.05. The highest BCUT2D eigenvalue weighted by molar-refractivity contribution is 7.99. The Labute approximate surface area is 175 Å². The highest BCUT2D eigenvalue weighted by Crippen LogP contribution is 2.64. The molecule has 1 saturated heterocycles. The normalized spacial score (nSPS) is 20.2. The van der Waals surface area contributed by atoms with E-state index in [-0.39, 0.29) is 16.9 Å². The highest BCUT2D eigenvalue weighted by atomic mass is 32.2. The molecule has 29 heavy (non-hydrogen) atoms. The number of likely N-dealkylation sites (tertiary alicyclic amines) is 1. The van der Waals surface area contributed by atoms with Crippen LogP contribution in [0.2, 0.25) is 0 Å². The van der Waals surface area contributed by atoms with Crippen molar-refractivity contribution < 1.29 is 13.9 Å². The molecule has 2 aromatic rings. The Morgan fingerprint density at radius 1 is 1.21 bits per heavy atom. The van der Waals surface area contributed by atoms with Gasteiger partial charge in [-0.1, -0.05) is 30.3 Å². The minimum Gasteiger partial charge on any atom is -0.496 e. The number of primary amides is 1. The standard InChI is InChI=1S/C23H27FN2O2S/c1-28-19-15-17(24)14-18(20(19)21(25)27)23(29-2,16-8-4-3-5-9-16)22(10-11-22)26-12-6-7-13-26/h3-5,8-9,14-15H,6-7,10-13H2,1-2H3,(H2,25,27). The van der Waals surface area contributed by atoms with E-state index in [2.05, 4.69) is 17.0 Å². The Kier molecular flexibility index (Phi) is 5.34. The van der Waals surface area contributed by atoms with Gasteiger partial charge in [-0.15, -0.1) is 11.8 Å². The third-order valence-corrected chi connectivity index (χ3v) is 7.94. The summed E-state index contributed by atoms with van der Waals surface area (Å²) in [6.45, 7) is 2.04. The highest BCUT2D eigenvalue weighted by Gasteiger charge is 2.65. The van der Waals surface area contributed by atoms with E-state index >= 15 is 0 Å². The number of amides is 1. The summed E-state index contributed by atoms with van der Waals surface area (Å²) in [5.41, 5.74) is 7.60. The number of halogens is 1. The number of carbonyl (C=O) groups is 1. The molecule has 0 aromatic heterocycles. The first-order chi connectivity index (χ1) is 14.0. The van der Waals surface area contributed by atoms with Crippen LogP contribution in [0, 0.1) is 5.82 Å². The SMILES string of the molecule is COc1cc(F)cc(C(SC)(c2ccccc2)C2(N3CCCC3)CC2)c1C(N)=O. The van der Waals surface area contributed by atoms with Crippen LogP contribution in [0.1, 0.15) is 47.2 Å². The first-order valence-corrected chi connectivity index (χ1v) is 11.3. The largest absolute Gasteiger partial charge is 0.496 e. The number of hydrogen-bond acceptors (Lipinski definition) is 4. The van der Waals surface area contributed by atoms with Gasteiger partial charge in [-0.2, -0.15) is 0 Å². The number of ether oxygens (including phenoxy) is 1. The Balaban J connectivity index is 2.06. The van der Waals surface area contributed by atoms with Crippen molar-refractivity contribution in [3.05, 3.63) is 65.0 Å². The molecule has 2 fully saturated rings. The van der Waals surface area contributed by atoms with Crippen molar-refractivity contribution in [1.29, 1.82) is 0 Å². The van der Waals surface area contributed by atoms with E-state index in [1.807, 2.05) is 24.5 Å². The van der Waals surface area contributed by atoms with E-state index < -0.39 is 16.5 Å². The maximum Gasteiger partial charge on any atom is 0.252 e. The number of nitrogens with two attached hydrogens (primary N) is 1. The number of rotatable bonds is 7. The second-order valence-corrected chi connectivity index (χ2v) is 8.89. The van der Waals surface area contributed by atoms with Crippen LogP contribution >= 0.6 is 11.8 Å². The third kappa shape index (κ3) is 3.04. The lowest BCUT2D eigenvalue weighted by atomic mass is 9.78. The molecule has 1 atom stereocenters. The van der Waals surface area contributed by atoms with Gasteiger partial charge in [-0.05, 0) is 62.2 Å². The predicted octanol–water partition coefficient (Wildman–Crippen LogP) is 4.17. The molecular weight excluding hydrogens is 387 g/mol. The Morgan fingerprint density at radius 2 is 1.86 bits per heavy atom. The average Bonchev–Trinajstić information content (AvgIpc) is 3.34. The zero-order valence-electron chi connectivity index (χ0n) is 16.9. The number of carbonyl (C=O) groups excluding carboxylic acids is 1. The lowest BCUT2D eigenvalue weighted by molar-refractivity contribution is 0.0994. The average molecular weight is 415 g/mol. The van der Waals surface area contributed by atoms with E-state index in [0.29, 0.717) is 5.56 Å². The van der Waals surface area contributed by atoms with Crippen LogP contribution in [0.4, 0.5) is 4.39 Å². The van der Waals surface area contributed by atoms with Crippen LogP contribution in [-0.4, -0.2) is 42.8 Å². The van der Waals surface area contributed by atoms with Crippen molar-refractivity contribution in [3.63, 3.8) is 0 Å². The van der Waals surface area contributed by atoms with Gasteiger partial charge in [0.05, 0.1) is 17.4 Å². The molecular formula is C23H27FN2O2S. The monoisotopic (exact) mass is 414 g/mol. The molecule has 1 heterocycles. The van der Waals surface area contributed by atoms with Crippen molar-refractivity contribution >= 4 is 17.7 Å². The fourth-order valence-corrected chi connectivity index (χ4v) is 6.66. The number of hydrogen-bond donors (Lipinski definition) is 1. The van der Waals surface area contributed by atoms with Gasteiger partial charge < -0.3 is 10.5 Å². The number of benzene rings is 2. The lowest BCUT2D eigenvalue weighted by Crippen LogP contribution is -2.52. The smallest absolute Gasteiger partial charge is 0.252 e. The summed E-state index contributed by atoms with van der Waals surface area (Å²) in [5, 5.41) is 0. The second-order valence-electron chi connectivity index (χ2n) is 7.87. The molecule has 1 unspecified atom stereocenters. The molecule has 0 bridgehead atoms. The maximum atomic E-state index is 14.8. The van der Waals surface area contributed by atoms with Crippen LogP contribution < -0.4 is 10.5 Å². The fourth-order valence-electron chi connectivity index (χ4n) is 5.19. The summed E-state index contributed by atoms with van der Waals surface area (Å²) in [7, 11) is 1.45. The maximum absolute atomic E-state index is 14.8. The van der Waals surface area contributed by atoms with Crippen LogP contribution in [0.3, 0.4) is 0 Å². The first-order valence-electron chi connectivity index (χ1n) is 10.0. The van der Waals surface area contributed by atoms with E-state index in [4.69, 9.17) is 10.5 Å². The van der Waals surface area contributed by atoms with E-state index in [0.717, 1.165) is 44.3 Å². The summed E-state index contributed by atoms with van der Waals surface area (Å²) in [5.74, 6) is -0.823. The first kappa shape index (κ1) is 20.2. The number of methoxy groups -OCH3 is 1. The van der Waals surface area contributed by atoms with Crippen LogP contribution in [0.25, 0.3) is 0 Å².